The van der Waals surface area contributed by atoms with Gasteiger partial charge < -0.3 is 19.9 Å². The molecule has 1 aliphatic heterocycles. The summed E-state index contributed by atoms with van der Waals surface area (Å²) in [6.45, 7) is 0.740. The lowest BCUT2D eigenvalue weighted by molar-refractivity contribution is -0.142. The van der Waals surface area contributed by atoms with Gasteiger partial charge >= 0.3 is 5.97 Å². The van der Waals surface area contributed by atoms with Gasteiger partial charge in [-0.25, -0.2) is 4.79 Å². The van der Waals surface area contributed by atoms with E-state index in [-0.39, 0.29) is 18.4 Å². The highest BCUT2D eigenvalue weighted by Crippen LogP contribution is 2.28. The van der Waals surface area contributed by atoms with Crippen LogP contribution in [0.25, 0.3) is 0 Å². The molecule has 0 aromatic heterocycles. The van der Waals surface area contributed by atoms with Gasteiger partial charge in [0.1, 0.15) is 5.75 Å². The van der Waals surface area contributed by atoms with Crippen molar-refractivity contribution in [3.05, 3.63) is 28.2 Å². The molecule has 0 aliphatic carbocycles. The van der Waals surface area contributed by atoms with Gasteiger partial charge in [0.25, 0.3) is 0 Å². The van der Waals surface area contributed by atoms with E-state index in [1.165, 1.54) is 7.11 Å². The number of hydrogen-bond donors (Lipinski definition) is 2. The molecule has 23 heavy (non-hydrogen) atoms. The summed E-state index contributed by atoms with van der Waals surface area (Å²) in [6.07, 6.45) is 2.96. The van der Waals surface area contributed by atoms with Crippen LogP contribution in [0, 0.1) is 0 Å². The Morgan fingerprint density at radius 2 is 2.30 bits per heavy atom. The van der Waals surface area contributed by atoms with Crippen LogP contribution in [0.1, 0.15) is 37.3 Å². The molecule has 126 valence electrons. The van der Waals surface area contributed by atoms with E-state index in [0.717, 1.165) is 19.4 Å². The summed E-state index contributed by atoms with van der Waals surface area (Å²) >= 11 is 3.32. The molecule has 2 N–H and O–H groups in total. The van der Waals surface area contributed by atoms with Crippen molar-refractivity contribution >= 4 is 27.8 Å². The van der Waals surface area contributed by atoms with Crippen molar-refractivity contribution in [1.82, 2.24) is 5.32 Å². The second-order valence-corrected chi connectivity index (χ2v) is 6.26. The molecular formula is C16H20BrNO5. The van der Waals surface area contributed by atoms with Crippen molar-refractivity contribution in [3.8, 4) is 5.75 Å². The number of nitrogens with one attached hydrogen (secondary N) is 1. The summed E-state index contributed by atoms with van der Waals surface area (Å²) < 4.78 is 11.2. The van der Waals surface area contributed by atoms with Crippen LogP contribution in [-0.2, 0) is 14.3 Å². The van der Waals surface area contributed by atoms with Crippen molar-refractivity contribution in [3.63, 3.8) is 0 Å². The monoisotopic (exact) mass is 385 g/mol. The maximum absolute atomic E-state index is 12.0. The van der Waals surface area contributed by atoms with Crippen molar-refractivity contribution < 1.29 is 24.2 Å². The number of amides is 1. The molecule has 1 heterocycles. The highest BCUT2D eigenvalue weighted by molar-refractivity contribution is 9.10. The number of carboxylic acids is 1. The molecule has 2 unspecified atom stereocenters. The van der Waals surface area contributed by atoms with Crippen molar-refractivity contribution in [1.29, 1.82) is 0 Å². The Hall–Kier alpha value is -1.60. The third-order valence-corrected chi connectivity index (χ3v) is 4.40. The number of aliphatic carboxylic acids is 1. The van der Waals surface area contributed by atoms with E-state index < -0.39 is 12.0 Å². The van der Waals surface area contributed by atoms with Gasteiger partial charge in [0.2, 0.25) is 5.91 Å². The quantitative estimate of drug-likeness (QED) is 0.753. The molecule has 6 nitrogen and oxygen atoms in total. The van der Waals surface area contributed by atoms with Gasteiger partial charge in [-0.2, -0.15) is 0 Å². The van der Waals surface area contributed by atoms with Gasteiger partial charge in [0, 0.05) is 13.0 Å². The average Bonchev–Trinajstić information content (AvgIpc) is 3.03. The Morgan fingerprint density at radius 1 is 1.52 bits per heavy atom. The first kappa shape index (κ1) is 17.7. The fourth-order valence-electron chi connectivity index (χ4n) is 2.55. The Balaban J connectivity index is 1.99. The van der Waals surface area contributed by atoms with Crippen molar-refractivity contribution in [2.45, 2.75) is 37.8 Å². The number of carbonyl (C=O) groups is 2. The lowest BCUT2D eigenvalue weighted by Crippen LogP contribution is -2.34. The van der Waals surface area contributed by atoms with Crippen LogP contribution in [-0.4, -0.2) is 36.8 Å². The zero-order valence-corrected chi connectivity index (χ0v) is 14.5. The Bertz CT molecular complexity index is 572. The number of methoxy groups -OCH3 is 1. The van der Waals surface area contributed by atoms with Gasteiger partial charge in [-0.05, 0) is 52.9 Å². The first-order chi connectivity index (χ1) is 11.0. The van der Waals surface area contributed by atoms with Crippen LogP contribution in [0.3, 0.4) is 0 Å². The maximum atomic E-state index is 12.0. The predicted molar refractivity (Wildman–Crippen MR) is 87.4 cm³/mol. The van der Waals surface area contributed by atoms with E-state index in [2.05, 4.69) is 21.2 Å². The first-order valence-electron chi connectivity index (χ1n) is 7.48. The number of hydrogen-bond acceptors (Lipinski definition) is 4. The molecule has 1 aliphatic rings. The van der Waals surface area contributed by atoms with E-state index in [9.17, 15) is 14.7 Å². The molecule has 1 amide bonds. The van der Waals surface area contributed by atoms with Crippen LogP contribution in [0.15, 0.2) is 22.7 Å². The van der Waals surface area contributed by atoms with Gasteiger partial charge in [-0.15, -0.1) is 0 Å². The molecule has 1 aromatic carbocycles. The van der Waals surface area contributed by atoms with Crippen LogP contribution >= 0.6 is 15.9 Å². The summed E-state index contributed by atoms with van der Waals surface area (Å²) in [6, 6.07) is 3.84. The zero-order chi connectivity index (χ0) is 16.8. The topological polar surface area (TPSA) is 84.9 Å². The summed E-state index contributed by atoms with van der Waals surface area (Å²) in [7, 11) is 1.53. The predicted octanol–water partition coefficient (Wildman–Crippen LogP) is 2.66. The normalized spacial score (nSPS) is 18.4. The second kappa shape index (κ2) is 8.31. The van der Waals surface area contributed by atoms with Gasteiger partial charge in [0.05, 0.1) is 17.7 Å². The van der Waals surface area contributed by atoms with Crippen molar-refractivity contribution in [2.75, 3.05) is 13.7 Å². The molecule has 1 aromatic rings. The van der Waals surface area contributed by atoms with Gasteiger partial charge in [0.15, 0.2) is 6.04 Å². The maximum Gasteiger partial charge on any atom is 0.330 e. The largest absolute Gasteiger partial charge is 0.496 e. The molecule has 2 atom stereocenters. The average molecular weight is 386 g/mol. The lowest BCUT2D eigenvalue weighted by atomic mass is 10.1. The van der Waals surface area contributed by atoms with Crippen LogP contribution in [0.2, 0.25) is 0 Å². The standard InChI is InChI=1S/C16H20BrNO5/c1-22-13-6-4-10(9-12(13)17)15(16(20)21)18-14(19)7-5-11-3-2-8-23-11/h4,6,9,11,15H,2-3,5,7-8H2,1H3,(H,18,19)(H,20,21). The summed E-state index contributed by atoms with van der Waals surface area (Å²) in [5.74, 6) is -0.796. The minimum absolute atomic E-state index is 0.110. The third kappa shape index (κ3) is 4.94. The van der Waals surface area contributed by atoms with E-state index in [1.807, 2.05) is 0 Å². The summed E-state index contributed by atoms with van der Waals surface area (Å²) in [5, 5.41) is 12.0. The number of carboxylic acid groups (broad SMARTS) is 1. The van der Waals surface area contributed by atoms with E-state index in [4.69, 9.17) is 9.47 Å². The first-order valence-corrected chi connectivity index (χ1v) is 8.27. The molecule has 0 spiro atoms. The lowest BCUT2D eigenvalue weighted by Gasteiger charge is -2.17. The van der Waals surface area contributed by atoms with E-state index >= 15 is 0 Å². The number of halogens is 1. The van der Waals surface area contributed by atoms with Crippen LogP contribution < -0.4 is 10.1 Å². The summed E-state index contributed by atoms with van der Waals surface area (Å²) in [5.41, 5.74) is 0.482. The Labute approximate surface area is 143 Å². The van der Waals surface area contributed by atoms with Gasteiger partial charge in [-0.3, -0.25) is 4.79 Å². The fourth-order valence-corrected chi connectivity index (χ4v) is 3.11. The number of carbonyl (C=O) groups excluding carboxylic acids is 1. The number of rotatable bonds is 7. The molecule has 1 fully saturated rings. The minimum Gasteiger partial charge on any atom is -0.496 e. The highest BCUT2D eigenvalue weighted by Gasteiger charge is 2.24. The molecule has 2 rings (SSSR count). The van der Waals surface area contributed by atoms with Crippen molar-refractivity contribution in [2.24, 2.45) is 0 Å². The smallest absolute Gasteiger partial charge is 0.330 e. The fraction of sp³-hybridized carbons (Fsp3) is 0.500. The molecular weight excluding hydrogens is 366 g/mol. The van der Waals surface area contributed by atoms with Crippen LogP contribution in [0.4, 0.5) is 0 Å². The third-order valence-electron chi connectivity index (χ3n) is 3.78. The second-order valence-electron chi connectivity index (χ2n) is 5.41. The van der Waals surface area contributed by atoms with E-state index in [0.29, 0.717) is 22.2 Å². The van der Waals surface area contributed by atoms with Crippen LogP contribution in [0.5, 0.6) is 5.75 Å². The van der Waals surface area contributed by atoms with Gasteiger partial charge in [-0.1, -0.05) is 6.07 Å². The summed E-state index contributed by atoms with van der Waals surface area (Å²) in [4.78, 5) is 23.5. The SMILES string of the molecule is COc1ccc(C(NC(=O)CCC2CCCO2)C(=O)O)cc1Br. The number of benzene rings is 1. The zero-order valence-electron chi connectivity index (χ0n) is 12.9. The minimum atomic E-state index is -1.10. The molecule has 1 saturated heterocycles. The highest BCUT2D eigenvalue weighted by atomic mass is 79.9. The molecule has 7 heteroatoms. The number of ether oxygens (including phenoxy) is 2. The van der Waals surface area contributed by atoms with E-state index in [1.54, 1.807) is 18.2 Å². The Morgan fingerprint density at radius 3 is 2.87 bits per heavy atom. The Kier molecular flexibility index (Phi) is 6.41. The molecule has 0 radical (unpaired) electrons. The molecule has 0 saturated carbocycles. The molecule has 0 bridgehead atoms.